The maximum atomic E-state index is 13.2. The number of aliphatic hydroxyl groups excluding tert-OH is 1. The zero-order valence-electron chi connectivity index (χ0n) is 10.5. The highest BCUT2D eigenvalue weighted by atomic mass is 79.9. The lowest BCUT2D eigenvalue weighted by atomic mass is 10.1. The minimum absolute atomic E-state index is 0.241. The van der Waals surface area contributed by atoms with Gasteiger partial charge in [-0.2, -0.15) is 0 Å². The van der Waals surface area contributed by atoms with Crippen LogP contribution in [0.5, 0.6) is 0 Å². The first kappa shape index (κ1) is 14.6. The quantitative estimate of drug-likeness (QED) is 0.903. The molecule has 0 spiro atoms. The second kappa shape index (κ2) is 6.47. The van der Waals surface area contributed by atoms with Gasteiger partial charge in [-0.05, 0) is 44.5 Å². The third-order valence-electron chi connectivity index (χ3n) is 2.54. The molecule has 4 heteroatoms. The van der Waals surface area contributed by atoms with Crippen LogP contribution in [0.1, 0.15) is 26.3 Å². The van der Waals surface area contributed by atoms with Crippen LogP contribution in [0.15, 0.2) is 22.7 Å². The molecule has 0 radical (unpaired) electrons. The SMILES string of the molecule is CC(O)CN(Cc1cc(F)cc(Br)c1)C(C)C. The maximum absolute atomic E-state index is 13.2. The summed E-state index contributed by atoms with van der Waals surface area (Å²) in [6, 6.07) is 5.19. The molecule has 0 saturated carbocycles. The average Bonchev–Trinajstić information content (AvgIpc) is 2.13. The molecule has 96 valence electrons. The zero-order valence-corrected chi connectivity index (χ0v) is 12.0. The van der Waals surface area contributed by atoms with Crippen LogP contribution in [0.4, 0.5) is 4.39 Å². The molecule has 0 amide bonds. The largest absolute Gasteiger partial charge is 0.392 e. The van der Waals surface area contributed by atoms with Gasteiger partial charge in [0, 0.05) is 23.6 Å². The van der Waals surface area contributed by atoms with Crippen molar-refractivity contribution in [2.75, 3.05) is 6.54 Å². The summed E-state index contributed by atoms with van der Waals surface area (Å²) in [5.74, 6) is -0.241. The molecule has 1 aromatic carbocycles. The molecule has 0 saturated heterocycles. The van der Waals surface area contributed by atoms with Crippen LogP contribution in [-0.2, 0) is 6.54 Å². The van der Waals surface area contributed by atoms with E-state index in [4.69, 9.17) is 0 Å². The first-order valence-corrected chi connectivity index (χ1v) is 6.55. The summed E-state index contributed by atoms with van der Waals surface area (Å²) < 4.78 is 14.0. The normalized spacial score (nSPS) is 13.4. The van der Waals surface area contributed by atoms with Crippen molar-refractivity contribution in [3.63, 3.8) is 0 Å². The molecular weight excluding hydrogens is 285 g/mol. The predicted molar refractivity (Wildman–Crippen MR) is 71.3 cm³/mol. The van der Waals surface area contributed by atoms with Crippen LogP contribution in [0.3, 0.4) is 0 Å². The second-order valence-corrected chi connectivity index (χ2v) is 5.57. The number of halogens is 2. The van der Waals surface area contributed by atoms with Crippen LogP contribution in [0, 0.1) is 5.82 Å². The highest BCUT2D eigenvalue weighted by Crippen LogP contribution is 2.17. The lowest BCUT2D eigenvalue weighted by Crippen LogP contribution is -2.36. The molecule has 0 fully saturated rings. The number of rotatable bonds is 5. The standard InChI is InChI=1S/C13H19BrFNO/c1-9(2)16(7-10(3)17)8-11-4-12(14)6-13(15)5-11/h4-6,9-10,17H,7-8H2,1-3H3. The van der Waals surface area contributed by atoms with Gasteiger partial charge < -0.3 is 5.11 Å². The topological polar surface area (TPSA) is 23.5 Å². The van der Waals surface area contributed by atoms with Gasteiger partial charge in [-0.15, -0.1) is 0 Å². The van der Waals surface area contributed by atoms with Gasteiger partial charge in [-0.25, -0.2) is 4.39 Å². The summed E-state index contributed by atoms with van der Waals surface area (Å²) in [7, 11) is 0. The van der Waals surface area contributed by atoms with Crippen LogP contribution in [0.2, 0.25) is 0 Å². The first-order valence-electron chi connectivity index (χ1n) is 5.75. The van der Waals surface area contributed by atoms with Gasteiger partial charge >= 0.3 is 0 Å². The number of nitrogens with zero attached hydrogens (tertiary/aromatic N) is 1. The Morgan fingerprint density at radius 3 is 2.41 bits per heavy atom. The van der Waals surface area contributed by atoms with Crippen LogP contribution >= 0.6 is 15.9 Å². The number of benzene rings is 1. The van der Waals surface area contributed by atoms with Crippen LogP contribution < -0.4 is 0 Å². The molecule has 1 aromatic rings. The summed E-state index contributed by atoms with van der Waals surface area (Å²) in [5, 5.41) is 9.43. The Hall–Kier alpha value is -0.450. The van der Waals surface area contributed by atoms with Gasteiger partial charge in [0.2, 0.25) is 0 Å². The molecular formula is C13H19BrFNO. The molecule has 17 heavy (non-hydrogen) atoms. The Balaban J connectivity index is 2.78. The summed E-state index contributed by atoms with van der Waals surface area (Å²) >= 11 is 3.28. The van der Waals surface area contributed by atoms with E-state index in [0.717, 1.165) is 10.0 Å². The molecule has 1 atom stereocenters. The number of hydrogen-bond acceptors (Lipinski definition) is 2. The lowest BCUT2D eigenvalue weighted by Gasteiger charge is -2.27. The third kappa shape index (κ3) is 5.15. The van der Waals surface area contributed by atoms with Gasteiger partial charge in [0.05, 0.1) is 6.10 Å². The van der Waals surface area contributed by atoms with Crippen molar-refractivity contribution in [2.45, 2.75) is 39.5 Å². The molecule has 0 aliphatic carbocycles. The molecule has 0 heterocycles. The Bertz CT molecular complexity index is 348. The fourth-order valence-electron chi connectivity index (χ4n) is 1.73. The fourth-order valence-corrected chi connectivity index (χ4v) is 2.25. The molecule has 1 N–H and O–H groups in total. The molecule has 0 bridgehead atoms. The van der Waals surface area contributed by atoms with E-state index < -0.39 is 0 Å². The van der Waals surface area contributed by atoms with Gasteiger partial charge in [0.15, 0.2) is 0 Å². The maximum Gasteiger partial charge on any atom is 0.124 e. The molecule has 1 unspecified atom stereocenters. The Labute approximate surface area is 111 Å². The highest BCUT2D eigenvalue weighted by molar-refractivity contribution is 9.10. The van der Waals surface area contributed by atoms with E-state index in [2.05, 4.69) is 34.7 Å². The monoisotopic (exact) mass is 303 g/mol. The van der Waals surface area contributed by atoms with E-state index in [9.17, 15) is 9.50 Å². The van der Waals surface area contributed by atoms with E-state index in [-0.39, 0.29) is 11.9 Å². The summed E-state index contributed by atoms with van der Waals surface area (Å²) in [6.07, 6.45) is -0.380. The van der Waals surface area contributed by atoms with Crippen molar-refractivity contribution >= 4 is 15.9 Å². The lowest BCUT2D eigenvalue weighted by molar-refractivity contribution is 0.103. The molecule has 0 aromatic heterocycles. The van der Waals surface area contributed by atoms with E-state index in [1.165, 1.54) is 12.1 Å². The first-order chi connectivity index (χ1) is 7.88. The Morgan fingerprint density at radius 1 is 1.29 bits per heavy atom. The second-order valence-electron chi connectivity index (χ2n) is 4.65. The summed E-state index contributed by atoms with van der Waals surface area (Å²) in [6.45, 7) is 7.12. The zero-order chi connectivity index (χ0) is 13.0. The van der Waals surface area contributed by atoms with Gasteiger partial charge in [-0.1, -0.05) is 15.9 Å². The van der Waals surface area contributed by atoms with E-state index in [0.29, 0.717) is 19.1 Å². The Morgan fingerprint density at radius 2 is 1.94 bits per heavy atom. The predicted octanol–water partition coefficient (Wildman–Crippen LogP) is 3.18. The third-order valence-corrected chi connectivity index (χ3v) is 2.99. The minimum Gasteiger partial charge on any atom is -0.392 e. The van der Waals surface area contributed by atoms with E-state index in [1.807, 2.05) is 6.07 Å². The Kier molecular flexibility index (Phi) is 5.56. The van der Waals surface area contributed by atoms with Crippen molar-refractivity contribution in [1.29, 1.82) is 0 Å². The van der Waals surface area contributed by atoms with E-state index in [1.54, 1.807) is 6.92 Å². The average molecular weight is 304 g/mol. The minimum atomic E-state index is -0.380. The fraction of sp³-hybridized carbons (Fsp3) is 0.538. The van der Waals surface area contributed by atoms with Gasteiger partial charge in [0.1, 0.15) is 5.82 Å². The summed E-state index contributed by atoms with van der Waals surface area (Å²) in [4.78, 5) is 2.12. The van der Waals surface area contributed by atoms with Gasteiger partial charge in [0.25, 0.3) is 0 Å². The smallest absolute Gasteiger partial charge is 0.124 e. The van der Waals surface area contributed by atoms with Crippen molar-refractivity contribution in [3.05, 3.63) is 34.1 Å². The van der Waals surface area contributed by atoms with Crippen LogP contribution in [-0.4, -0.2) is 28.7 Å². The van der Waals surface area contributed by atoms with Crippen molar-refractivity contribution < 1.29 is 9.50 Å². The van der Waals surface area contributed by atoms with E-state index >= 15 is 0 Å². The molecule has 1 rings (SSSR count). The van der Waals surface area contributed by atoms with Gasteiger partial charge in [-0.3, -0.25) is 4.90 Å². The number of aliphatic hydroxyl groups is 1. The highest BCUT2D eigenvalue weighted by Gasteiger charge is 2.13. The molecule has 0 aliphatic rings. The molecule has 0 aliphatic heterocycles. The summed E-state index contributed by atoms with van der Waals surface area (Å²) in [5.41, 5.74) is 0.909. The van der Waals surface area contributed by atoms with Crippen LogP contribution in [0.25, 0.3) is 0 Å². The van der Waals surface area contributed by atoms with Crippen molar-refractivity contribution in [3.8, 4) is 0 Å². The van der Waals surface area contributed by atoms with Crippen molar-refractivity contribution in [1.82, 2.24) is 4.90 Å². The molecule has 2 nitrogen and oxygen atoms in total. The van der Waals surface area contributed by atoms with Crippen molar-refractivity contribution in [2.24, 2.45) is 0 Å². The number of hydrogen-bond donors (Lipinski definition) is 1.